The maximum Gasteiger partial charge on any atom is 0.168 e. The van der Waals surface area contributed by atoms with Gasteiger partial charge >= 0.3 is 0 Å². The largest absolute Gasteiger partial charge is 0.394 e. The summed E-state index contributed by atoms with van der Waals surface area (Å²) in [6.45, 7) is 6.09. The summed E-state index contributed by atoms with van der Waals surface area (Å²) in [5.41, 5.74) is -0.0109. The molecule has 5 heteroatoms. The van der Waals surface area contributed by atoms with Gasteiger partial charge in [0, 0.05) is 23.7 Å². The van der Waals surface area contributed by atoms with E-state index in [0.29, 0.717) is 5.75 Å². The van der Waals surface area contributed by atoms with Crippen molar-refractivity contribution in [2.75, 3.05) is 12.4 Å². The predicted octanol–water partition coefficient (Wildman–Crippen LogP) is 1.08. The van der Waals surface area contributed by atoms with Crippen LogP contribution in [0.5, 0.6) is 0 Å². The van der Waals surface area contributed by atoms with Crippen molar-refractivity contribution in [1.82, 2.24) is 9.55 Å². The molecule has 0 radical (unpaired) electrons. The van der Waals surface area contributed by atoms with Gasteiger partial charge in [-0.15, -0.1) is 0 Å². The molecule has 0 saturated carbocycles. The predicted molar refractivity (Wildman–Crippen MR) is 61.0 cm³/mol. The lowest BCUT2D eigenvalue weighted by molar-refractivity contribution is 0.113. The van der Waals surface area contributed by atoms with Crippen LogP contribution in [0.3, 0.4) is 0 Å². The minimum Gasteiger partial charge on any atom is -0.394 e. The second-order valence-corrected chi connectivity index (χ2v) is 5.39. The number of hydrogen-bond donors (Lipinski definition) is 2. The van der Waals surface area contributed by atoms with Gasteiger partial charge in [0.05, 0.1) is 12.7 Å². The van der Waals surface area contributed by atoms with Crippen LogP contribution in [-0.2, 0) is 5.54 Å². The van der Waals surface area contributed by atoms with Crippen molar-refractivity contribution in [3.05, 3.63) is 12.4 Å². The molecule has 0 aliphatic rings. The third kappa shape index (κ3) is 3.52. The van der Waals surface area contributed by atoms with Gasteiger partial charge in [0.15, 0.2) is 5.16 Å². The molecule has 0 aliphatic carbocycles. The molecule has 0 saturated heterocycles. The Morgan fingerprint density at radius 2 is 2.20 bits per heavy atom. The van der Waals surface area contributed by atoms with Crippen molar-refractivity contribution < 1.29 is 10.2 Å². The summed E-state index contributed by atoms with van der Waals surface area (Å²) < 4.78 is 2.06. The molecule has 0 spiro atoms. The van der Waals surface area contributed by atoms with Crippen molar-refractivity contribution >= 4 is 11.8 Å². The molecular formula is C10H18N2O2S. The number of thioether (sulfide) groups is 1. The Morgan fingerprint density at radius 1 is 1.53 bits per heavy atom. The molecule has 0 aromatic carbocycles. The number of rotatable bonds is 4. The van der Waals surface area contributed by atoms with Gasteiger partial charge < -0.3 is 14.8 Å². The van der Waals surface area contributed by atoms with E-state index in [2.05, 4.69) is 30.3 Å². The zero-order chi connectivity index (χ0) is 11.5. The number of aliphatic hydroxyl groups excluding tert-OH is 2. The molecule has 1 aromatic heterocycles. The zero-order valence-electron chi connectivity index (χ0n) is 9.34. The molecule has 1 aromatic rings. The van der Waals surface area contributed by atoms with Gasteiger partial charge in [-0.25, -0.2) is 4.98 Å². The van der Waals surface area contributed by atoms with E-state index in [9.17, 15) is 5.11 Å². The Kier molecular flexibility index (Phi) is 4.19. The normalized spacial score (nSPS) is 14.2. The average Bonchev–Trinajstić information content (AvgIpc) is 2.61. The second kappa shape index (κ2) is 5.01. The highest BCUT2D eigenvalue weighted by molar-refractivity contribution is 7.99. The molecule has 2 N–H and O–H groups in total. The molecule has 15 heavy (non-hydrogen) atoms. The highest BCUT2D eigenvalue weighted by atomic mass is 32.2. The Labute approximate surface area is 94.3 Å². The topological polar surface area (TPSA) is 58.3 Å². The number of imidazole rings is 1. The van der Waals surface area contributed by atoms with E-state index in [1.165, 1.54) is 11.8 Å². The molecule has 0 amide bonds. The summed E-state index contributed by atoms with van der Waals surface area (Å²) in [4.78, 5) is 4.22. The molecule has 0 unspecified atom stereocenters. The van der Waals surface area contributed by atoms with E-state index in [0.717, 1.165) is 5.16 Å². The fourth-order valence-corrected chi connectivity index (χ4v) is 2.19. The molecular weight excluding hydrogens is 212 g/mol. The second-order valence-electron chi connectivity index (χ2n) is 4.40. The van der Waals surface area contributed by atoms with Gasteiger partial charge in [-0.1, -0.05) is 11.8 Å². The minimum absolute atomic E-state index is 0.0109. The summed E-state index contributed by atoms with van der Waals surface area (Å²) >= 11 is 1.46. The van der Waals surface area contributed by atoms with Crippen LogP contribution in [0.2, 0.25) is 0 Å². The van der Waals surface area contributed by atoms with Crippen LogP contribution in [0.25, 0.3) is 0 Å². The standard InChI is InChI=1S/C10H18N2O2S/c1-10(2,3)12-5-4-11-9(12)15-7-8(14)6-13/h4-5,8,13-14H,6-7H2,1-3H3/t8-/m1/s1. The van der Waals surface area contributed by atoms with Crippen molar-refractivity contribution in [2.24, 2.45) is 0 Å². The van der Waals surface area contributed by atoms with Crippen LogP contribution in [0.15, 0.2) is 17.6 Å². The molecule has 1 rings (SSSR count). The fourth-order valence-electron chi connectivity index (χ4n) is 1.13. The van der Waals surface area contributed by atoms with E-state index in [1.54, 1.807) is 6.20 Å². The maximum absolute atomic E-state index is 9.24. The van der Waals surface area contributed by atoms with Gasteiger partial charge in [-0.05, 0) is 20.8 Å². The van der Waals surface area contributed by atoms with E-state index in [4.69, 9.17) is 5.11 Å². The van der Waals surface area contributed by atoms with E-state index in [1.807, 2.05) is 6.20 Å². The summed E-state index contributed by atoms with van der Waals surface area (Å²) in [6.07, 6.45) is 2.99. The van der Waals surface area contributed by atoms with Crippen LogP contribution in [0.1, 0.15) is 20.8 Å². The lowest BCUT2D eigenvalue weighted by Gasteiger charge is -2.23. The SMILES string of the molecule is CC(C)(C)n1ccnc1SC[C@H](O)CO. The van der Waals surface area contributed by atoms with Crippen molar-refractivity contribution in [3.63, 3.8) is 0 Å². The summed E-state index contributed by atoms with van der Waals surface area (Å²) in [6, 6.07) is 0. The minimum atomic E-state index is -0.680. The summed E-state index contributed by atoms with van der Waals surface area (Å²) in [5.74, 6) is 0.462. The monoisotopic (exact) mass is 230 g/mol. The molecule has 0 aliphatic heterocycles. The van der Waals surface area contributed by atoms with E-state index >= 15 is 0 Å². The van der Waals surface area contributed by atoms with Crippen LogP contribution in [0, 0.1) is 0 Å². The average molecular weight is 230 g/mol. The molecule has 1 heterocycles. The Morgan fingerprint density at radius 3 is 2.73 bits per heavy atom. The van der Waals surface area contributed by atoms with Crippen molar-refractivity contribution in [2.45, 2.75) is 37.6 Å². The van der Waals surface area contributed by atoms with Gasteiger partial charge in [-0.3, -0.25) is 0 Å². The third-order valence-corrected chi connectivity index (χ3v) is 3.06. The first kappa shape index (κ1) is 12.5. The van der Waals surface area contributed by atoms with Crippen LogP contribution in [0.4, 0.5) is 0 Å². The third-order valence-electron chi connectivity index (χ3n) is 1.95. The lowest BCUT2D eigenvalue weighted by atomic mass is 10.1. The maximum atomic E-state index is 9.24. The Hall–Kier alpha value is -0.520. The molecule has 86 valence electrons. The van der Waals surface area contributed by atoms with Gasteiger partial charge in [0.25, 0.3) is 0 Å². The smallest absolute Gasteiger partial charge is 0.168 e. The fraction of sp³-hybridized carbons (Fsp3) is 0.700. The number of hydrogen-bond acceptors (Lipinski definition) is 4. The van der Waals surface area contributed by atoms with Crippen molar-refractivity contribution in [1.29, 1.82) is 0 Å². The zero-order valence-corrected chi connectivity index (χ0v) is 10.2. The van der Waals surface area contributed by atoms with Gasteiger partial charge in [-0.2, -0.15) is 0 Å². The Balaban J connectivity index is 2.66. The van der Waals surface area contributed by atoms with Crippen LogP contribution >= 0.6 is 11.8 Å². The van der Waals surface area contributed by atoms with Crippen LogP contribution < -0.4 is 0 Å². The number of nitrogens with zero attached hydrogens (tertiary/aromatic N) is 2. The first-order valence-electron chi connectivity index (χ1n) is 4.90. The number of aromatic nitrogens is 2. The van der Waals surface area contributed by atoms with Gasteiger partial charge in [0.2, 0.25) is 0 Å². The summed E-state index contributed by atoms with van der Waals surface area (Å²) in [7, 11) is 0. The first-order chi connectivity index (χ1) is 6.95. The van der Waals surface area contributed by atoms with E-state index in [-0.39, 0.29) is 12.1 Å². The lowest BCUT2D eigenvalue weighted by Crippen LogP contribution is -2.22. The molecule has 1 atom stereocenters. The summed E-state index contributed by atoms with van der Waals surface area (Å²) in [5, 5.41) is 18.8. The first-order valence-corrected chi connectivity index (χ1v) is 5.89. The quantitative estimate of drug-likeness (QED) is 0.760. The highest BCUT2D eigenvalue weighted by Gasteiger charge is 2.17. The highest BCUT2D eigenvalue weighted by Crippen LogP contribution is 2.23. The van der Waals surface area contributed by atoms with Crippen LogP contribution in [-0.4, -0.2) is 38.2 Å². The van der Waals surface area contributed by atoms with Crippen molar-refractivity contribution in [3.8, 4) is 0 Å². The number of aliphatic hydroxyl groups is 2. The Bertz CT molecular complexity index is 307. The molecule has 0 fully saturated rings. The molecule has 4 nitrogen and oxygen atoms in total. The van der Waals surface area contributed by atoms with Gasteiger partial charge in [0.1, 0.15) is 0 Å². The van der Waals surface area contributed by atoms with E-state index < -0.39 is 6.10 Å². The molecule has 0 bridgehead atoms.